The summed E-state index contributed by atoms with van der Waals surface area (Å²) in [4.78, 5) is 7.77. The number of nitrogens with zero attached hydrogens (tertiary/aromatic N) is 2. The van der Waals surface area contributed by atoms with Crippen LogP contribution in [0.2, 0.25) is 0 Å². The molecule has 18 heavy (non-hydrogen) atoms. The lowest BCUT2D eigenvalue weighted by Crippen LogP contribution is -2.22. The van der Waals surface area contributed by atoms with Gasteiger partial charge in [-0.3, -0.25) is 0 Å². The second kappa shape index (κ2) is 5.03. The normalized spacial score (nSPS) is 11.3. The highest BCUT2D eigenvalue weighted by atomic mass is 19.4. The van der Waals surface area contributed by atoms with E-state index in [0.29, 0.717) is 5.69 Å². The number of hydrogen-bond donors (Lipinski definition) is 1. The minimum absolute atomic E-state index is 0.0336. The minimum atomic E-state index is -4.29. The average Bonchev–Trinajstić information content (AvgIpc) is 2.37. The maximum atomic E-state index is 12.0. The highest BCUT2D eigenvalue weighted by Crippen LogP contribution is 2.18. The molecule has 0 aliphatic rings. The van der Waals surface area contributed by atoms with E-state index >= 15 is 0 Å². The first kappa shape index (κ1) is 12.3. The van der Waals surface area contributed by atoms with E-state index < -0.39 is 12.7 Å². The maximum absolute atomic E-state index is 12.0. The second-order valence-corrected chi connectivity index (χ2v) is 3.60. The molecule has 0 bridgehead atoms. The Hall–Kier alpha value is -2.11. The average molecular weight is 253 g/mol. The molecule has 0 unspecified atom stereocenters. The topological polar surface area (TPSA) is 37.8 Å². The Kier molecular flexibility index (Phi) is 3.45. The molecular weight excluding hydrogens is 243 g/mol. The molecule has 1 heterocycles. The molecule has 0 amide bonds. The fourth-order valence-electron chi connectivity index (χ4n) is 1.39. The molecule has 1 N–H and O–H groups in total. The van der Waals surface area contributed by atoms with E-state index in [1.165, 1.54) is 6.20 Å². The van der Waals surface area contributed by atoms with Gasteiger partial charge in [0, 0.05) is 11.8 Å². The van der Waals surface area contributed by atoms with Gasteiger partial charge in [-0.2, -0.15) is 13.2 Å². The fourth-order valence-corrected chi connectivity index (χ4v) is 1.39. The SMILES string of the molecule is FC(F)(F)CNc1nccc(-c2ccccc2)n1. The first-order valence-electron chi connectivity index (χ1n) is 5.24. The summed E-state index contributed by atoms with van der Waals surface area (Å²) in [5.41, 5.74) is 1.41. The monoisotopic (exact) mass is 253 g/mol. The molecule has 0 aliphatic heterocycles. The highest BCUT2D eigenvalue weighted by Gasteiger charge is 2.27. The van der Waals surface area contributed by atoms with Crippen molar-refractivity contribution in [1.82, 2.24) is 9.97 Å². The van der Waals surface area contributed by atoms with E-state index in [1.807, 2.05) is 30.3 Å². The van der Waals surface area contributed by atoms with Crippen LogP contribution in [0.3, 0.4) is 0 Å². The van der Waals surface area contributed by atoms with Gasteiger partial charge in [0.15, 0.2) is 0 Å². The summed E-state index contributed by atoms with van der Waals surface area (Å²) in [7, 11) is 0. The van der Waals surface area contributed by atoms with Gasteiger partial charge in [0.05, 0.1) is 5.69 Å². The Morgan fingerprint density at radius 1 is 1.06 bits per heavy atom. The number of hydrogen-bond acceptors (Lipinski definition) is 3. The third-order valence-corrected chi connectivity index (χ3v) is 2.17. The number of halogens is 3. The number of alkyl halides is 3. The van der Waals surface area contributed by atoms with Gasteiger partial charge in [0.25, 0.3) is 0 Å². The number of rotatable bonds is 3. The Balaban J connectivity index is 2.16. The number of nitrogens with one attached hydrogen (secondary N) is 1. The second-order valence-electron chi connectivity index (χ2n) is 3.60. The molecule has 6 heteroatoms. The van der Waals surface area contributed by atoms with Crippen molar-refractivity contribution in [3.63, 3.8) is 0 Å². The van der Waals surface area contributed by atoms with Crippen molar-refractivity contribution in [2.45, 2.75) is 6.18 Å². The van der Waals surface area contributed by atoms with Crippen molar-refractivity contribution in [3.05, 3.63) is 42.6 Å². The molecule has 0 aliphatic carbocycles. The van der Waals surface area contributed by atoms with E-state index in [2.05, 4.69) is 15.3 Å². The molecule has 0 atom stereocenters. The molecule has 0 spiro atoms. The van der Waals surface area contributed by atoms with Crippen molar-refractivity contribution in [1.29, 1.82) is 0 Å². The van der Waals surface area contributed by atoms with Gasteiger partial charge in [0.1, 0.15) is 6.54 Å². The summed E-state index contributed by atoms with van der Waals surface area (Å²) in [6.07, 6.45) is -2.86. The standard InChI is InChI=1S/C12H10F3N3/c13-12(14,15)8-17-11-16-7-6-10(18-11)9-4-2-1-3-5-9/h1-7H,8H2,(H,16,17,18). The van der Waals surface area contributed by atoms with Crippen LogP contribution in [0, 0.1) is 0 Å². The van der Waals surface area contributed by atoms with Crippen LogP contribution >= 0.6 is 0 Å². The molecule has 2 aromatic rings. The van der Waals surface area contributed by atoms with Crippen LogP contribution in [0.15, 0.2) is 42.6 Å². The van der Waals surface area contributed by atoms with Gasteiger partial charge in [-0.25, -0.2) is 9.97 Å². The lowest BCUT2D eigenvalue weighted by molar-refractivity contribution is -0.115. The van der Waals surface area contributed by atoms with Crippen molar-refractivity contribution < 1.29 is 13.2 Å². The highest BCUT2D eigenvalue weighted by molar-refractivity contribution is 5.59. The zero-order valence-corrected chi connectivity index (χ0v) is 9.28. The Labute approximate surface area is 102 Å². The van der Waals surface area contributed by atoms with Gasteiger partial charge >= 0.3 is 6.18 Å². The van der Waals surface area contributed by atoms with Gasteiger partial charge < -0.3 is 5.32 Å². The Morgan fingerprint density at radius 2 is 1.78 bits per heavy atom. The molecule has 0 fully saturated rings. The Morgan fingerprint density at radius 3 is 2.44 bits per heavy atom. The molecule has 1 aromatic heterocycles. The number of benzene rings is 1. The Bertz CT molecular complexity index is 511. The predicted octanol–water partition coefficient (Wildman–Crippen LogP) is 3.12. The lowest BCUT2D eigenvalue weighted by atomic mass is 10.1. The van der Waals surface area contributed by atoms with Crippen LogP contribution < -0.4 is 5.32 Å². The molecule has 0 radical (unpaired) electrons. The lowest BCUT2D eigenvalue weighted by Gasteiger charge is -2.08. The van der Waals surface area contributed by atoms with Gasteiger partial charge in [-0.05, 0) is 6.07 Å². The number of anilines is 1. The van der Waals surface area contributed by atoms with Crippen LogP contribution in [0.1, 0.15) is 0 Å². The van der Waals surface area contributed by atoms with Crippen LogP contribution in [-0.4, -0.2) is 22.7 Å². The molecule has 0 saturated carbocycles. The molecule has 3 nitrogen and oxygen atoms in total. The zero-order chi connectivity index (χ0) is 13.0. The summed E-state index contributed by atoms with van der Waals surface area (Å²) >= 11 is 0. The van der Waals surface area contributed by atoms with E-state index in [9.17, 15) is 13.2 Å². The van der Waals surface area contributed by atoms with Crippen molar-refractivity contribution in [2.75, 3.05) is 11.9 Å². The third kappa shape index (κ3) is 3.44. The van der Waals surface area contributed by atoms with Crippen LogP contribution in [0.5, 0.6) is 0 Å². The predicted molar refractivity (Wildman–Crippen MR) is 62.0 cm³/mol. The summed E-state index contributed by atoms with van der Waals surface area (Å²) in [5.74, 6) is -0.0336. The van der Waals surface area contributed by atoms with E-state index in [-0.39, 0.29) is 5.95 Å². The van der Waals surface area contributed by atoms with Crippen molar-refractivity contribution in [2.24, 2.45) is 0 Å². The summed E-state index contributed by atoms with van der Waals surface area (Å²) < 4.78 is 36.1. The molecule has 1 aromatic carbocycles. The molecular formula is C12H10F3N3. The van der Waals surface area contributed by atoms with Gasteiger partial charge in [-0.15, -0.1) is 0 Å². The quantitative estimate of drug-likeness (QED) is 0.913. The van der Waals surface area contributed by atoms with E-state index in [1.54, 1.807) is 6.07 Å². The minimum Gasteiger partial charge on any atom is -0.345 e. The number of aromatic nitrogens is 2. The molecule has 2 rings (SSSR count). The smallest absolute Gasteiger partial charge is 0.345 e. The van der Waals surface area contributed by atoms with Gasteiger partial charge in [-0.1, -0.05) is 30.3 Å². The largest absolute Gasteiger partial charge is 0.405 e. The van der Waals surface area contributed by atoms with Crippen molar-refractivity contribution in [3.8, 4) is 11.3 Å². The summed E-state index contributed by atoms with van der Waals surface area (Å²) in [5, 5.41) is 2.15. The summed E-state index contributed by atoms with van der Waals surface area (Å²) in [6, 6.07) is 10.8. The van der Waals surface area contributed by atoms with E-state index in [4.69, 9.17) is 0 Å². The van der Waals surface area contributed by atoms with Crippen LogP contribution in [0.4, 0.5) is 19.1 Å². The van der Waals surface area contributed by atoms with Crippen molar-refractivity contribution >= 4 is 5.95 Å². The maximum Gasteiger partial charge on any atom is 0.405 e. The first-order valence-corrected chi connectivity index (χ1v) is 5.24. The van der Waals surface area contributed by atoms with Gasteiger partial charge in [0.2, 0.25) is 5.95 Å². The zero-order valence-electron chi connectivity index (χ0n) is 9.28. The third-order valence-electron chi connectivity index (χ3n) is 2.17. The van der Waals surface area contributed by atoms with Crippen LogP contribution in [0.25, 0.3) is 11.3 Å². The fraction of sp³-hybridized carbons (Fsp3) is 0.167. The molecule has 94 valence electrons. The van der Waals surface area contributed by atoms with Crippen LogP contribution in [-0.2, 0) is 0 Å². The first-order chi connectivity index (χ1) is 8.54. The summed E-state index contributed by atoms with van der Waals surface area (Å²) in [6.45, 7) is -1.15. The van der Waals surface area contributed by atoms with E-state index in [0.717, 1.165) is 5.56 Å². The molecule has 0 saturated heterocycles.